The first-order valence-electron chi connectivity index (χ1n) is 5.69. The van der Waals surface area contributed by atoms with Crippen LogP contribution < -0.4 is 0 Å². The molecule has 1 N–H and O–H groups in total. The second-order valence-corrected chi connectivity index (χ2v) is 4.82. The number of nitrogens with zero attached hydrogens (tertiary/aromatic N) is 3. The van der Waals surface area contributed by atoms with E-state index in [1.165, 1.54) is 0 Å². The van der Waals surface area contributed by atoms with Crippen LogP contribution in [0.1, 0.15) is 25.8 Å². The molecule has 1 aromatic heterocycles. The van der Waals surface area contributed by atoms with Gasteiger partial charge in [-0.1, -0.05) is 37.3 Å². The molecule has 1 aromatic carbocycles. The smallest absolute Gasteiger partial charge is 0.304 e. The molecule has 0 spiro atoms. The van der Waals surface area contributed by atoms with Gasteiger partial charge < -0.3 is 5.11 Å². The molecule has 18 heavy (non-hydrogen) atoms. The maximum absolute atomic E-state index is 11.0. The van der Waals surface area contributed by atoms with Gasteiger partial charge in [0.15, 0.2) is 0 Å². The number of hydrogen-bond acceptors (Lipinski definition) is 3. The Kier molecular flexibility index (Phi) is 3.14. The van der Waals surface area contributed by atoms with Crippen molar-refractivity contribution in [2.24, 2.45) is 0 Å². The van der Waals surface area contributed by atoms with Crippen molar-refractivity contribution in [3.63, 3.8) is 0 Å². The van der Waals surface area contributed by atoms with Crippen LogP contribution in [0.2, 0.25) is 0 Å². The van der Waals surface area contributed by atoms with Crippen LogP contribution in [0, 0.1) is 0 Å². The van der Waals surface area contributed by atoms with Crippen molar-refractivity contribution in [1.82, 2.24) is 15.0 Å². The lowest BCUT2D eigenvalue weighted by Gasteiger charge is -2.25. The number of carbonyl (C=O) groups is 1. The van der Waals surface area contributed by atoms with Gasteiger partial charge in [-0.25, -0.2) is 4.68 Å². The van der Waals surface area contributed by atoms with Gasteiger partial charge in [0.25, 0.3) is 0 Å². The maximum Gasteiger partial charge on any atom is 0.304 e. The molecule has 0 radical (unpaired) electrons. The van der Waals surface area contributed by atoms with Gasteiger partial charge in [0.05, 0.1) is 24.5 Å². The monoisotopic (exact) mass is 245 g/mol. The Hall–Kier alpha value is -2.17. The lowest BCUT2D eigenvalue weighted by atomic mass is 9.80. The van der Waals surface area contributed by atoms with E-state index < -0.39 is 11.4 Å². The first kappa shape index (κ1) is 12.3. The first-order valence-corrected chi connectivity index (χ1v) is 5.69. The zero-order chi connectivity index (χ0) is 13.2. The van der Waals surface area contributed by atoms with Crippen LogP contribution in [0.4, 0.5) is 0 Å². The molecule has 0 unspecified atom stereocenters. The molecule has 2 aromatic rings. The van der Waals surface area contributed by atoms with Crippen LogP contribution >= 0.6 is 0 Å². The summed E-state index contributed by atoms with van der Waals surface area (Å²) >= 11 is 0. The molecule has 1 heterocycles. The zero-order valence-corrected chi connectivity index (χ0v) is 10.4. The van der Waals surface area contributed by atoms with Gasteiger partial charge in [0.2, 0.25) is 0 Å². The fourth-order valence-electron chi connectivity index (χ4n) is 2.06. The minimum absolute atomic E-state index is 0.0682. The van der Waals surface area contributed by atoms with Crippen LogP contribution in [0.3, 0.4) is 0 Å². The van der Waals surface area contributed by atoms with E-state index in [0.29, 0.717) is 0 Å². The van der Waals surface area contributed by atoms with Gasteiger partial charge in [-0.15, -0.1) is 5.10 Å². The fraction of sp³-hybridized carbons (Fsp3) is 0.308. The molecule has 0 aliphatic carbocycles. The molecule has 5 heteroatoms. The Morgan fingerprint density at radius 1 is 1.39 bits per heavy atom. The predicted molar refractivity (Wildman–Crippen MR) is 66.6 cm³/mol. The molecule has 0 amide bonds. The Bertz CT molecular complexity index is 547. The van der Waals surface area contributed by atoms with E-state index in [-0.39, 0.29) is 6.42 Å². The average Bonchev–Trinajstić information content (AvgIpc) is 2.80. The molecule has 0 aliphatic heterocycles. The molecular weight excluding hydrogens is 230 g/mol. The summed E-state index contributed by atoms with van der Waals surface area (Å²) in [5.74, 6) is -0.812. The van der Waals surface area contributed by atoms with Crippen molar-refractivity contribution in [2.45, 2.75) is 25.7 Å². The van der Waals surface area contributed by atoms with Crippen molar-refractivity contribution in [3.05, 3.63) is 42.2 Å². The van der Waals surface area contributed by atoms with Gasteiger partial charge in [0.1, 0.15) is 0 Å². The molecule has 0 saturated heterocycles. The number of aliphatic carboxylic acids is 1. The van der Waals surface area contributed by atoms with E-state index in [1.807, 2.05) is 38.1 Å². The van der Waals surface area contributed by atoms with Gasteiger partial charge in [-0.3, -0.25) is 4.79 Å². The summed E-state index contributed by atoms with van der Waals surface area (Å²) < 4.78 is 1.65. The molecule has 0 aliphatic rings. The average molecular weight is 245 g/mol. The highest BCUT2D eigenvalue weighted by atomic mass is 16.4. The van der Waals surface area contributed by atoms with E-state index >= 15 is 0 Å². The molecule has 94 valence electrons. The summed E-state index contributed by atoms with van der Waals surface area (Å²) in [5, 5.41) is 16.7. The summed E-state index contributed by atoms with van der Waals surface area (Å²) in [6, 6.07) is 7.64. The molecule has 0 bridgehead atoms. The normalized spacial score (nSPS) is 11.4. The van der Waals surface area contributed by atoms with E-state index in [2.05, 4.69) is 10.3 Å². The van der Waals surface area contributed by atoms with Gasteiger partial charge >= 0.3 is 5.97 Å². The largest absolute Gasteiger partial charge is 0.481 e. The molecule has 0 saturated carbocycles. The highest BCUT2D eigenvalue weighted by Gasteiger charge is 2.27. The minimum Gasteiger partial charge on any atom is -0.481 e. The Morgan fingerprint density at radius 2 is 2.11 bits per heavy atom. The molecular formula is C13H15N3O2. The summed E-state index contributed by atoms with van der Waals surface area (Å²) in [6.45, 7) is 3.83. The van der Waals surface area contributed by atoms with Crippen LogP contribution in [0.15, 0.2) is 36.7 Å². The lowest BCUT2D eigenvalue weighted by Crippen LogP contribution is -2.23. The van der Waals surface area contributed by atoms with Crippen molar-refractivity contribution in [3.8, 4) is 5.69 Å². The third-order valence-corrected chi connectivity index (χ3v) is 2.90. The second-order valence-electron chi connectivity index (χ2n) is 4.82. The first-order chi connectivity index (χ1) is 8.50. The Labute approximate surface area is 105 Å². The summed E-state index contributed by atoms with van der Waals surface area (Å²) in [4.78, 5) is 11.0. The van der Waals surface area contributed by atoms with Crippen molar-refractivity contribution < 1.29 is 9.90 Å². The lowest BCUT2D eigenvalue weighted by molar-refractivity contribution is -0.138. The quantitative estimate of drug-likeness (QED) is 0.894. The number of benzene rings is 1. The van der Waals surface area contributed by atoms with E-state index in [9.17, 15) is 4.79 Å². The van der Waals surface area contributed by atoms with Crippen LogP contribution in [-0.2, 0) is 10.2 Å². The zero-order valence-electron chi connectivity index (χ0n) is 10.4. The highest BCUT2D eigenvalue weighted by Crippen LogP contribution is 2.31. The Balaban J connectivity index is 2.48. The molecule has 2 rings (SSSR count). The number of aromatic nitrogens is 3. The SMILES string of the molecule is CC(C)(CC(=O)O)c1ccccc1-n1ccnn1. The standard InChI is InChI=1S/C13H15N3O2/c1-13(2,9-12(17)18)10-5-3-4-6-11(10)16-8-7-14-15-16/h3-8H,9H2,1-2H3,(H,17,18). The fourth-order valence-corrected chi connectivity index (χ4v) is 2.06. The minimum atomic E-state index is -0.812. The van der Waals surface area contributed by atoms with Crippen molar-refractivity contribution >= 4 is 5.97 Å². The predicted octanol–water partition coefficient (Wildman–Crippen LogP) is 2.02. The van der Waals surface area contributed by atoms with Gasteiger partial charge in [0, 0.05) is 5.41 Å². The third-order valence-electron chi connectivity index (χ3n) is 2.90. The number of carboxylic acids is 1. The van der Waals surface area contributed by atoms with Crippen LogP contribution in [-0.4, -0.2) is 26.1 Å². The molecule has 5 nitrogen and oxygen atoms in total. The number of rotatable bonds is 4. The number of carboxylic acid groups (broad SMARTS) is 1. The number of hydrogen-bond donors (Lipinski definition) is 1. The summed E-state index contributed by atoms with van der Waals surface area (Å²) in [6.07, 6.45) is 3.41. The van der Waals surface area contributed by atoms with E-state index in [4.69, 9.17) is 5.11 Å². The van der Waals surface area contributed by atoms with Crippen molar-refractivity contribution in [2.75, 3.05) is 0 Å². The highest BCUT2D eigenvalue weighted by molar-refractivity contribution is 5.69. The topological polar surface area (TPSA) is 68.0 Å². The van der Waals surface area contributed by atoms with Gasteiger partial charge in [-0.05, 0) is 11.6 Å². The third kappa shape index (κ3) is 2.40. The summed E-state index contributed by atoms with van der Waals surface area (Å²) in [5.41, 5.74) is 1.34. The van der Waals surface area contributed by atoms with Crippen LogP contribution in [0.5, 0.6) is 0 Å². The van der Waals surface area contributed by atoms with Gasteiger partial charge in [-0.2, -0.15) is 0 Å². The molecule has 0 atom stereocenters. The van der Waals surface area contributed by atoms with E-state index in [0.717, 1.165) is 11.3 Å². The number of para-hydroxylation sites is 1. The van der Waals surface area contributed by atoms with Crippen molar-refractivity contribution in [1.29, 1.82) is 0 Å². The van der Waals surface area contributed by atoms with E-state index in [1.54, 1.807) is 17.1 Å². The molecule has 0 fully saturated rings. The summed E-state index contributed by atoms with van der Waals surface area (Å²) in [7, 11) is 0. The Morgan fingerprint density at radius 3 is 2.72 bits per heavy atom. The maximum atomic E-state index is 11.0. The van der Waals surface area contributed by atoms with Crippen LogP contribution in [0.25, 0.3) is 5.69 Å². The second kappa shape index (κ2) is 4.60.